The van der Waals surface area contributed by atoms with Crippen LogP contribution in [0.5, 0.6) is 11.5 Å². The molecule has 13 heterocycles. The number of fused-ring (bicyclic) bond motifs is 5. The number of hydrogen-bond donors (Lipinski definition) is 17. The maximum Gasteiger partial charge on any atom is 0.472 e. The van der Waals surface area contributed by atoms with Gasteiger partial charge in [0.2, 0.25) is 29.7 Å². The standard InChI is InChI=1S/C73H84N27O33P5/c1-36-17-99(73(108)94-62(36)102)50-15-46(48(127-50)29-119-22-39-12-13-44(120-23-37-8-4-2-5-9-37)45(14-39)121-24-38-10-6-3-7-11-38)132-138(117,118)126-30-49-47(16-51(128-49)100-35-83-56-61(100)88-72(78)93-67(56)107)133-137(115,116)125-28-43(21-98-34-82-55-60(98)87-71(77)92-66(55)106)131-136(113,114)124-27-42(20-97-33-81-54-59(97)86-70(76)91-65(54)105)130-135(111,112)123-26-41(19-96-32-80-53-58(96)85-69(75)90-64(53)104)129-134(109,110)122-25-40(101)18-95-31-79-52-57(95)84-68(74)89-63(52)103/h2-14,17,31-35,40-43,46-51,101H,15-16,18-30H2,1H3,(H,109,110)(H,111,112)(H,113,114)(H,115,116)(H,117,118)(H,94,102,108)(H3,74,84,89,103)(H3,75,85,90,104)(H3,76,86,91,105)(H3,77,87,92,106)(H3,78,88,93,107)/t40-,41-,42-,43-,46-,47-,48+,49+,50+,51+/m0/s1. The molecule has 2 fully saturated rings. The van der Waals surface area contributed by atoms with E-state index in [-0.39, 0.29) is 93.6 Å². The smallest absolute Gasteiger partial charge is 0.472 e. The highest BCUT2D eigenvalue weighted by atomic mass is 31.2. The molecule has 0 spiro atoms. The number of rotatable bonds is 45. The van der Waals surface area contributed by atoms with Crippen LogP contribution in [0.25, 0.3) is 55.8 Å². The third-order valence-corrected chi connectivity index (χ3v) is 25.8. The van der Waals surface area contributed by atoms with E-state index in [4.69, 9.17) is 97.6 Å². The van der Waals surface area contributed by atoms with Gasteiger partial charge in [-0.3, -0.25) is 113 Å². The molecule has 0 bridgehead atoms. The molecule has 2 aliphatic rings. The number of nitrogen functional groups attached to an aromatic ring is 5. The normalized spacial score (nSPS) is 19.5. The van der Waals surface area contributed by atoms with E-state index in [1.807, 2.05) is 60.7 Å². The van der Waals surface area contributed by atoms with E-state index >= 15 is 0 Å². The van der Waals surface area contributed by atoms with Crippen molar-refractivity contribution in [2.45, 2.75) is 127 Å². The van der Waals surface area contributed by atoms with Gasteiger partial charge >= 0.3 is 44.8 Å². The summed E-state index contributed by atoms with van der Waals surface area (Å²) in [6.45, 7) is -7.83. The number of H-pyrrole nitrogens is 6. The van der Waals surface area contributed by atoms with Gasteiger partial charge in [-0.05, 0) is 35.7 Å². The lowest BCUT2D eigenvalue weighted by Crippen LogP contribution is -2.33. The highest BCUT2D eigenvalue weighted by Gasteiger charge is 2.48. The van der Waals surface area contributed by atoms with E-state index in [1.165, 1.54) is 17.7 Å². The summed E-state index contributed by atoms with van der Waals surface area (Å²) < 4.78 is 165. The van der Waals surface area contributed by atoms with Crippen molar-refractivity contribution in [2.24, 2.45) is 0 Å². The summed E-state index contributed by atoms with van der Waals surface area (Å²) in [6, 6.07) is 23.9. The van der Waals surface area contributed by atoms with Crippen LogP contribution in [0.3, 0.4) is 0 Å². The van der Waals surface area contributed by atoms with Gasteiger partial charge in [-0.1, -0.05) is 66.7 Å². The zero-order valence-corrected chi connectivity index (χ0v) is 75.8. The number of aliphatic hydroxyl groups excluding tert-OH is 1. The number of phosphoric acid groups is 5. The first kappa shape index (κ1) is 98.1. The molecule has 11 aromatic heterocycles. The summed E-state index contributed by atoms with van der Waals surface area (Å²) in [4.78, 5) is 203. The van der Waals surface area contributed by atoms with Crippen LogP contribution < -0.4 is 77.2 Å². The number of benzene rings is 3. The lowest BCUT2D eigenvalue weighted by Gasteiger charge is -2.26. The first-order chi connectivity index (χ1) is 65.7. The molecule has 2 saturated heterocycles. The summed E-state index contributed by atoms with van der Waals surface area (Å²) in [6.07, 6.45) is -11.7. The molecule has 138 heavy (non-hydrogen) atoms. The predicted octanol–water partition coefficient (Wildman–Crippen LogP) is 0.244. The zero-order chi connectivity index (χ0) is 97.9. The Kier molecular flexibility index (Phi) is 29.2. The molecule has 22 N–H and O–H groups in total. The van der Waals surface area contributed by atoms with Gasteiger partial charge in [-0.15, -0.1) is 0 Å². The van der Waals surface area contributed by atoms with Crippen molar-refractivity contribution >= 4 is 125 Å². The molecule has 16 rings (SSSR count). The Morgan fingerprint density at radius 1 is 0.413 bits per heavy atom. The van der Waals surface area contributed by atoms with Crippen LogP contribution >= 0.6 is 39.1 Å². The van der Waals surface area contributed by atoms with E-state index in [0.29, 0.717) is 17.1 Å². The van der Waals surface area contributed by atoms with Crippen molar-refractivity contribution in [1.82, 2.24) is 107 Å². The Morgan fingerprint density at radius 3 is 1.22 bits per heavy atom. The number of aromatic nitrogens is 22. The SMILES string of the molecule is Cc1cn([C@H]2C[C@H](OP(=O)(O)OC[C@H]3O[C@@H](n4cnc5c(=O)[nH]c(N)nc54)C[C@@H]3OP(=O)(O)OC[C@H](Cn3cnc4c(=O)[nH]c(N)nc43)OP(=O)(O)OC[C@H](Cn3cnc4c(=O)[nH]c(N)nc43)OP(=O)(O)OC[C@H](Cn3cnc4c(=O)[nH]c(N)nc43)OP(=O)(O)OC[C@@H](O)Cn3cnc4c(=O)[nH]c(N)nc43)[C@@H](COCc3ccc(OCc4ccccc4)c(OCc4ccccc4)c3)O2)c(=O)[nH]c1=O. The molecule has 15 atom stereocenters. The molecule has 60 nitrogen and oxygen atoms in total. The van der Waals surface area contributed by atoms with Crippen molar-refractivity contribution in [3.8, 4) is 11.5 Å². The second kappa shape index (κ2) is 41.0. The van der Waals surface area contributed by atoms with Gasteiger partial charge in [0.15, 0.2) is 67.3 Å². The van der Waals surface area contributed by atoms with Crippen LogP contribution in [0.2, 0.25) is 0 Å². The number of ether oxygens (including phenoxy) is 5. The van der Waals surface area contributed by atoms with Gasteiger partial charge in [0.1, 0.15) is 68.4 Å². The number of aliphatic hydroxyl groups is 1. The minimum atomic E-state index is -5.90. The van der Waals surface area contributed by atoms with Crippen molar-refractivity contribution < 1.29 is 121 Å². The van der Waals surface area contributed by atoms with Gasteiger partial charge in [-0.25, -0.2) is 52.5 Å². The number of aryl methyl sites for hydroxylation is 1. The number of nitrogens with zero attached hydrogens (tertiary/aromatic N) is 16. The van der Waals surface area contributed by atoms with Crippen molar-refractivity contribution in [1.29, 1.82) is 0 Å². The maximum absolute atomic E-state index is 14.7. The average Bonchev–Trinajstić information content (AvgIpc) is 1.62. The lowest BCUT2D eigenvalue weighted by molar-refractivity contribution is -0.0705. The van der Waals surface area contributed by atoms with E-state index in [0.717, 1.165) is 65.6 Å². The van der Waals surface area contributed by atoms with E-state index < -0.39 is 235 Å². The van der Waals surface area contributed by atoms with E-state index in [1.54, 1.807) is 18.2 Å². The quantitative estimate of drug-likeness (QED) is 0.0227. The Bertz CT molecular complexity index is 7560. The molecular formula is C73H84N27O33P5. The average molecular weight is 2020 g/mol. The third kappa shape index (κ3) is 24.1. The highest BCUT2D eigenvalue weighted by Crippen LogP contribution is 2.55. The highest BCUT2D eigenvalue weighted by molar-refractivity contribution is 7.48. The van der Waals surface area contributed by atoms with Crippen LogP contribution in [-0.4, -0.2) is 225 Å². The number of phosphoric ester groups is 5. The van der Waals surface area contributed by atoms with Gasteiger partial charge in [0, 0.05) is 24.6 Å². The van der Waals surface area contributed by atoms with E-state index in [9.17, 15) is 86.0 Å². The molecule has 734 valence electrons. The zero-order valence-electron chi connectivity index (χ0n) is 71.3. The number of nitrogens with two attached hydrogens (primary N) is 5. The molecule has 0 aliphatic carbocycles. The molecule has 0 radical (unpaired) electrons. The minimum Gasteiger partial charge on any atom is -0.485 e. The van der Waals surface area contributed by atoms with Crippen LogP contribution in [-0.2, 0) is 128 Å². The maximum atomic E-state index is 14.7. The number of imidazole rings is 5. The van der Waals surface area contributed by atoms with Gasteiger partial charge in [-0.2, -0.15) is 24.9 Å². The lowest BCUT2D eigenvalue weighted by atomic mass is 10.2. The van der Waals surface area contributed by atoms with Crippen molar-refractivity contribution in [2.75, 3.05) is 68.3 Å². The van der Waals surface area contributed by atoms with Gasteiger partial charge in [0.05, 0.1) is 110 Å². The third-order valence-electron chi connectivity index (χ3n) is 20.7. The number of nitrogens with one attached hydrogen (secondary N) is 6. The second-order valence-corrected chi connectivity index (χ2v) is 37.9. The fourth-order valence-corrected chi connectivity index (χ4v) is 19.2. The predicted molar refractivity (Wildman–Crippen MR) is 473 cm³/mol. The van der Waals surface area contributed by atoms with E-state index in [2.05, 4.69) is 79.7 Å². The van der Waals surface area contributed by atoms with Crippen LogP contribution in [0.4, 0.5) is 29.7 Å². The second-order valence-electron chi connectivity index (χ2n) is 30.9. The Balaban J connectivity index is 0.629. The van der Waals surface area contributed by atoms with Crippen LogP contribution in [0, 0.1) is 6.92 Å². The Hall–Kier alpha value is -12.9. The first-order valence-corrected chi connectivity index (χ1v) is 48.3. The van der Waals surface area contributed by atoms with Gasteiger partial charge < -0.3 is 100 Å². The number of aromatic amines is 6. The molecular weight excluding hydrogens is 1940 g/mol. The van der Waals surface area contributed by atoms with Crippen LogP contribution in [0.15, 0.2) is 150 Å². The fraction of sp³-hybridized carbons (Fsp3) is 0.356. The molecule has 2 aliphatic heterocycles. The van der Waals surface area contributed by atoms with Crippen molar-refractivity contribution in [3.63, 3.8) is 0 Å². The monoisotopic (exact) mass is 2020 g/mol. The van der Waals surface area contributed by atoms with Crippen LogP contribution in [0.1, 0.15) is 47.6 Å². The molecule has 0 amide bonds. The molecule has 0 saturated carbocycles. The van der Waals surface area contributed by atoms with Crippen molar-refractivity contribution in [3.05, 3.63) is 212 Å². The summed E-state index contributed by atoms with van der Waals surface area (Å²) in [7, 11) is -28.5. The Morgan fingerprint density at radius 2 is 0.783 bits per heavy atom. The van der Waals surface area contributed by atoms with Gasteiger partial charge in [0.25, 0.3) is 33.4 Å². The summed E-state index contributed by atoms with van der Waals surface area (Å²) >= 11 is 0. The minimum absolute atomic E-state index is 0.0851. The molecule has 14 aromatic rings. The molecule has 65 heteroatoms. The fourth-order valence-electron chi connectivity index (χ4n) is 14.5. The summed E-state index contributed by atoms with van der Waals surface area (Å²) in [5.74, 6) is -1.34. The largest absolute Gasteiger partial charge is 0.485 e. The summed E-state index contributed by atoms with van der Waals surface area (Å²) in [5.41, 5.74) is 23.0. The first-order valence-electron chi connectivity index (χ1n) is 40.9. The number of anilines is 5. The topological polar surface area (TPSA) is 848 Å². The Labute approximate surface area is 768 Å². The molecule has 5 unspecified atom stereocenters. The molecule has 3 aromatic carbocycles. The summed E-state index contributed by atoms with van der Waals surface area (Å²) in [5, 5.41) is 11.0. The number of hydrogen-bond acceptors (Lipinski definition) is 43.